The summed E-state index contributed by atoms with van der Waals surface area (Å²) in [6.07, 6.45) is 0. The van der Waals surface area contributed by atoms with Gasteiger partial charge in [-0.1, -0.05) is 17.1 Å². The van der Waals surface area contributed by atoms with Crippen LogP contribution in [0.4, 0.5) is 10.1 Å². The Hall–Kier alpha value is -2.13. The molecule has 6 heteroatoms. The number of halogens is 1. The molecule has 0 saturated heterocycles. The Bertz CT molecular complexity index is 547. The number of hydrogen-bond donors (Lipinski definition) is 1. The third kappa shape index (κ3) is 2.41. The Morgan fingerprint density at radius 1 is 1.44 bits per heavy atom. The predicted octanol–water partition coefficient (Wildman–Crippen LogP) is 1.47. The minimum atomic E-state index is -0.328. The molecule has 94 valence electrons. The molecule has 1 aromatic rings. The van der Waals surface area contributed by atoms with Gasteiger partial charge in [0.05, 0.1) is 11.3 Å². The summed E-state index contributed by atoms with van der Waals surface area (Å²) in [6, 6.07) is 3.02. The molecule has 0 aliphatic carbocycles. The van der Waals surface area contributed by atoms with Crippen molar-refractivity contribution in [1.82, 2.24) is 5.01 Å². The molecule has 1 aromatic carbocycles. The van der Waals surface area contributed by atoms with Gasteiger partial charge in [-0.05, 0) is 29.8 Å². The van der Waals surface area contributed by atoms with Crippen LogP contribution in [0.1, 0.15) is 11.1 Å². The van der Waals surface area contributed by atoms with Crippen molar-refractivity contribution in [2.45, 2.75) is 6.92 Å². The summed E-state index contributed by atoms with van der Waals surface area (Å²) in [5, 5.41) is 19.8. The monoisotopic (exact) mass is 248 g/mol. The minimum Gasteiger partial charge on any atom is -0.384 e. The molecule has 1 heterocycles. The minimum absolute atomic E-state index is 0.268. The highest BCUT2D eigenvalue weighted by Gasteiger charge is 2.18. The number of anilines is 1. The average Bonchev–Trinajstić information content (AvgIpc) is 2.77. The molecule has 0 aromatic heterocycles. The van der Waals surface area contributed by atoms with Crippen LogP contribution in [-0.4, -0.2) is 30.4 Å². The van der Waals surface area contributed by atoms with Crippen molar-refractivity contribution in [2.75, 3.05) is 25.3 Å². The highest BCUT2D eigenvalue weighted by Crippen LogP contribution is 2.26. The van der Waals surface area contributed by atoms with Crippen LogP contribution in [0, 0.1) is 24.6 Å². The first-order valence-electron chi connectivity index (χ1n) is 5.42. The van der Waals surface area contributed by atoms with E-state index < -0.39 is 0 Å². The fourth-order valence-electron chi connectivity index (χ4n) is 1.61. The van der Waals surface area contributed by atoms with Crippen molar-refractivity contribution in [1.29, 1.82) is 0 Å². The third-order valence-electron chi connectivity index (χ3n) is 2.50. The third-order valence-corrected chi connectivity index (χ3v) is 2.50. The Balaban J connectivity index is 2.44. The number of aliphatic hydroxyl groups excluding tert-OH is 1. The molecule has 1 aliphatic heterocycles. The van der Waals surface area contributed by atoms with E-state index in [-0.39, 0.29) is 12.4 Å². The van der Waals surface area contributed by atoms with Gasteiger partial charge in [0.1, 0.15) is 19.1 Å². The molecular formula is C12H13FN4O. The fraction of sp³-hybridized carbons (Fsp3) is 0.333. The highest BCUT2D eigenvalue weighted by molar-refractivity contribution is 5.62. The van der Waals surface area contributed by atoms with E-state index in [1.165, 1.54) is 6.07 Å². The van der Waals surface area contributed by atoms with Crippen molar-refractivity contribution in [3.63, 3.8) is 0 Å². The van der Waals surface area contributed by atoms with E-state index in [0.717, 1.165) is 0 Å². The second kappa shape index (κ2) is 5.02. The number of benzene rings is 1. The molecule has 1 aliphatic rings. The van der Waals surface area contributed by atoms with E-state index in [0.29, 0.717) is 23.5 Å². The van der Waals surface area contributed by atoms with Crippen molar-refractivity contribution in [2.24, 2.45) is 10.4 Å². The zero-order valence-electron chi connectivity index (χ0n) is 10.2. The van der Waals surface area contributed by atoms with Gasteiger partial charge in [0, 0.05) is 7.05 Å². The smallest absolute Gasteiger partial charge is 0.132 e. The fourth-order valence-corrected chi connectivity index (χ4v) is 1.61. The second-order valence-corrected chi connectivity index (χ2v) is 3.96. The maximum atomic E-state index is 13.5. The number of nitrogens with zero attached hydrogens (tertiary/aromatic N) is 4. The van der Waals surface area contributed by atoms with Crippen LogP contribution in [0.3, 0.4) is 0 Å². The molecular weight excluding hydrogens is 235 g/mol. The van der Waals surface area contributed by atoms with E-state index in [9.17, 15) is 4.39 Å². The maximum absolute atomic E-state index is 13.5. The number of hydrogen-bond acceptors (Lipinski definition) is 5. The lowest BCUT2D eigenvalue weighted by Crippen LogP contribution is -2.22. The van der Waals surface area contributed by atoms with Gasteiger partial charge < -0.3 is 5.11 Å². The first-order valence-corrected chi connectivity index (χ1v) is 5.42. The normalized spacial score (nSPS) is 13.8. The molecule has 5 nitrogen and oxygen atoms in total. The molecule has 0 saturated carbocycles. The first kappa shape index (κ1) is 12.3. The summed E-state index contributed by atoms with van der Waals surface area (Å²) in [5.74, 6) is 4.91. The Labute approximate surface area is 104 Å². The Kier molecular flexibility index (Phi) is 3.44. The molecule has 0 bridgehead atoms. The van der Waals surface area contributed by atoms with Crippen LogP contribution in [-0.2, 0) is 0 Å². The van der Waals surface area contributed by atoms with Gasteiger partial charge in [0.15, 0.2) is 0 Å². The predicted molar refractivity (Wildman–Crippen MR) is 65.1 cm³/mol. The first-order chi connectivity index (χ1) is 8.61. The molecule has 0 spiro atoms. The SMILES string of the molecule is Cc1cc(N2CN(C)N=N2)c(C#CCO)cc1F. The molecule has 0 radical (unpaired) electrons. The van der Waals surface area contributed by atoms with Gasteiger partial charge in [-0.25, -0.2) is 9.40 Å². The quantitative estimate of drug-likeness (QED) is 0.766. The largest absolute Gasteiger partial charge is 0.384 e. The van der Waals surface area contributed by atoms with Crippen LogP contribution >= 0.6 is 0 Å². The highest BCUT2D eigenvalue weighted by atomic mass is 19.1. The van der Waals surface area contributed by atoms with Gasteiger partial charge in [-0.3, -0.25) is 5.01 Å². The number of rotatable bonds is 1. The van der Waals surface area contributed by atoms with Crippen LogP contribution in [0.15, 0.2) is 22.6 Å². The maximum Gasteiger partial charge on any atom is 0.132 e. The molecule has 0 unspecified atom stereocenters. The zero-order chi connectivity index (χ0) is 13.1. The Morgan fingerprint density at radius 3 is 2.83 bits per heavy atom. The molecule has 0 fully saturated rings. The molecule has 18 heavy (non-hydrogen) atoms. The van der Waals surface area contributed by atoms with Crippen molar-refractivity contribution in [3.8, 4) is 11.8 Å². The lowest BCUT2D eigenvalue weighted by Gasteiger charge is -2.16. The summed E-state index contributed by atoms with van der Waals surface area (Å²) in [7, 11) is 1.79. The molecule has 0 amide bonds. The standard InChI is InChI=1S/C12H13FN4O/c1-9-6-12(17-8-16(2)14-15-17)10(4-3-5-18)7-11(9)13/h6-7,18H,5,8H2,1-2H3. The summed E-state index contributed by atoms with van der Waals surface area (Å²) in [6.45, 7) is 1.90. The van der Waals surface area contributed by atoms with E-state index in [1.807, 2.05) is 0 Å². The van der Waals surface area contributed by atoms with E-state index in [4.69, 9.17) is 5.11 Å². The number of aryl methyl sites for hydroxylation is 1. The lowest BCUT2D eigenvalue weighted by atomic mass is 10.1. The van der Waals surface area contributed by atoms with Crippen molar-refractivity contribution >= 4 is 5.69 Å². The summed E-state index contributed by atoms with van der Waals surface area (Å²) >= 11 is 0. The second-order valence-electron chi connectivity index (χ2n) is 3.96. The lowest BCUT2D eigenvalue weighted by molar-refractivity contribution is 0.350. The zero-order valence-corrected chi connectivity index (χ0v) is 10.2. The van der Waals surface area contributed by atoms with Crippen LogP contribution in [0.2, 0.25) is 0 Å². The van der Waals surface area contributed by atoms with Crippen molar-refractivity contribution < 1.29 is 9.50 Å². The topological polar surface area (TPSA) is 51.4 Å². The molecule has 1 N–H and O–H groups in total. The van der Waals surface area contributed by atoms with Gasteiger partial charge in [0.2, 0.25) is 0 Å². The molecule has 0 atom stereocenters. The van der Waals surface area contributed by atoms with Crippen LogP contribution in [0.25, 0.3) is 0 Å². The Morgan fingerprint density at radius 2 is 2.22 bits per heavy atom. The van der Waals surface area contributed by atoms with Crippen LogP contribution < -0.4 is 5.01 Å². The van der Waals surface area contributed by atoms with Gasteiger partial charge in [-0.15, -0.1) is 0 Å². The van der Waals surface area contributed by atoms with E-state index in [2.05, 4.69) is 22.3 Å². The number of aliphatic hydroxyl groups is 1. The van der Waals surface area contributed by atoms with Crippen LogP contribution in [0.5, 0.6) is 0 Å². The van der Waals surface area contributed by atoms with Gasteiger partial charge in [-0.2, -0.15) is 0 Å². The summed E-state index contributed by atoms with van der Waals surface area (Å²) in [4.78, 5) is 0. The summed E-state index contributed by atoms with van der Waals surface area (Å²) in [5.41, 5.74) is 1.69. The van der Waals surface area contributed by atoms with E-state index in [1.54, 1.807) is 30.1 Å². The van der Waals surface area contributed by atoms with Gasteiger partial charge in [0.25, 0.3) is 0 Å². The summed E-state index contributed by atoms with van der Waals surface area (Å²) < 4.78 is 13.5. The van der Waals surface area contributed by atoms with E-state index >= 15 is 0 Å². The molecule has 2 rings (SSSR count). The van der Waals surface area contributed by atoms with Crippen molar-refractivity contribution in [3.05, 3.63) is 29.1 Å². The average molecular weight is 248 g/mol. The van der Waals surface area contributed by atoms with Gasteiger partial charge >= 0.3 is 0 Å².